The Hall–Kier alpha value is -1.32. The van der Waals surface area contributed by atoms with Gasteiger partial charge in [0.1, 0.15) is 0 Å². The van der Waals surface area contributed by atoms with Crippen molar-refractivity contribution in [1.82, 2.24) is 10.1 Å². The molecule has 0 radical (unpaired) electrons. The molecule has 1 aromatic rings. The van der Waals surface area contributed by atoms with Gasteiger partial charge in [-0.1, -0.05) is 5.16 Å². The number of nitrogens with zero attached hydrogens (tertiary/aromatic N) is 2. The lowest BCUT2D eigenvalue weighted by molar-refractivity contribution is -0.185. The van der Waals surface area contributed by atoms with Gasteiger partial charge in [-0.25, -0.2) is 0 Å². The largest absolute Gasteiger partial charge is 0.471 e. The third-order valence-electron chi connectivity index (χ3n) is 3.45. The maximum absolute atomic E-state index is 12.5. The van der Waals surface area contributed by atoms with E-state index in [-0.39, 0.29) is 25.7 Å². The molecule has 4 nitrogen and oxygen atoms in total. The van der Waals surface area contributed by atoms with E-state index in [4.69, 9.17) is 5.73 Å². The fourth-order valence-corrected chi connectivity index (χ4v) is 2.22. The molecular weight excluding hydrogens is 292 g/mol. The van der Waals surface area contributed by atoms with Crippen molar-refractivity contribution >= 4 is 0 Å². The standard InChI is InChI=1S/C10H11F6N3O/c11-9(12,13)5-1-3-8(17,4-2-5)6-18-7(20-19-6)10(14,15)16/h5H,1-4,17H2. The third kappa shape index (κ3) is 2.89. The number of aromatic nitrogens is 2. The van der Waals surface area contributed by atoms with Gasteiger partial charge in [0.2, 0.25) is 0 Å². The smallest absolute Gasteiger partial charge is 0.329 e. The highest BCUT2D eigenvalue weighted by Gasteiger charge is 2.48. The predicted molar refractivity (Wildman–Crippen MR) is 53.2 cm³/mol. The van der Waals surface area contributed by atoms with Gasteiger partial charge >= 0.3 is 18.2 Å². The van der Waals surface area contributed by atoms with Crippen LogP contribution >= 0.6 is 0 Å². The van der Waals surface area contributed by atoms with E-state index in [1.54, 1.807) is 0 Å². The van der Waals surface area contributed by atoms with E-state index in [1.807, 2.05) is 0 Å². The van der Waals surface area contributed by atoms with Crippen LogP contribution in [0, 0.1) is 5.92 Å². The van der Waals surface area contributed by atoms with E-state index in [0.717, 1.165) is 0 Å². The predicted octanol–water partition coefficient (Wildman–Crippen LogP) is 2.99. The molecule has 114 valence electrons. The molecule has 1 aliphatic rings. The Kier molecular flexibility index (Phi) is 3.47. The lowest BCUT2D eigenvalue weighted by Gasteiger charge is -2.35. The first-order valence-corrected chi connectivity index (χ1v) is 5.79. The van der Waals surface area contributed by atoms with Gasteiger partial charge in [0, 0.05) is 0 Å². The van der Waals surface area contributed by atoms with E-state index in [0.29, 0.717) is 0 Å². The Balaban J connectivity index is 2.12. The van der Waals surface area contributed by atoms with E-state index < -0.39 is 35.5 Å². The van der Waals surface area contributed by atoms with Gasteiger partial charge in [0.15, 0.2) is 5.82 Å². The second kappa shape index (κ2) is 4.61. The molecule has 1 heterocycles. The summed E-state index contributed by atoms with van der Waals surface area (Å²) in [6.45, 7) is 0. The number of hydrogen-bond donors (Lipinski definition) is 1. The van der Waals surface area contributed by atoms with Crippen LogP contribution < -0.4 is 5.73 Å². The number of nitrogens with two attached hydrogens (primary N) is 1. The summed E-state index contributed by atoms with van der Waals surface area (Å²) in [6.07, 6.45) is -9.95. The number of alkyl halides is 6. The molecule has 1 aliphatic carbocycles. The van der Waals surface area contributed by atoms with Crippen molar-refractivity contribution in [3.05, 3.63) is 11.7 Å². The average Bonchev–Trinajstić information content (AvgIpc) is 2.77. The molecule has 0 bridgehead atoms. The van der Waals surface area contributed by atoms with Crippen LogP contribution in [0.5, 0.6) is 0 Å². The summed E-state index contributed by atoms with van der Waals surface area (Å²) in [5.41, 5.74) is 4.41. The molecule has 0 aromatic carbocycles. The highest BCUT2D eigenvalue weighted by Crippen LogP contribution is 2.43. The number of halogens is 6. The second-order valence-electron chi connectivity index (χ2n) is 4.89. The minimum Gasteiger partial charge on any atom is -0.329 e. The molecule has 10 heteroatoms. The molecule has 2 N–H and O–H groups in total. The zero-order chi connectivity index (χ0) is 15.2. The van der Waals surface area contributed by atoms with E-state index >= 15 is 0 Å². The van der Waals surface area contributed by atoms with Crippen LogP contribution in [0.25, 0.3) is 0 Å². The minimum absolute atomic E-state index is 0.145. The maximum Gasteiger partial charge on any atom is 0.471 e. The van der Waals surface area contributed by atoms with Gasteiger partial charge in [-0.15, -0.1) is 0 Å². The molecule has 0 saturated heterocycles. The van der Waals surface area contributed by atoms with Gasteiger partial charge in [0.05, 0.1) is 11.5 Å². The lowest BCUT2D eigenvalue weighted by Crippen LogP contribution is -2.43. The molecule has 0 spiro atoms. The van der Waals surface area contributed by atoms with Gasteiger partial charge < -0.3 is 10.3 Å². The molecule has 0 amide bonds. The highest BCUT2D eigenvalue weighted by atomic mass is 19.4. The molecule has 0 unspecified atom stereocenters. The Morgan fingerprint density at radius 3 is 2.05 bits per heavy atom. The van der Waals surface area contributed by atoms with Crippen LogP contribution in [-0.2, 0) is 11.7 Å². The fraction of sp³-hybridized carbons (Fsp3) is 0.800. The first-order chi connectivity index (χ1) is 9.02. The van der Waals surface area contributed by atoms with Crippen LogP contribution in [0.3, 0.4) is 0 Å². The monoisotopic (exact) mass is 303 g/mol. The quantitative estimate of drug-likeness (QED) is 0.810. The van der Waals surface area contributed by atoms with Crippen molar-refractivity contribution in [3.8, 4) is 0 Å². The van der Waals surface area contributed by atoms with E-state index in [2.05, 4.69) is 14.7 Å². The topological polar surface area (TPSA) is 64.9 Å². The third-order valence-corrected chi connectivity index (χ3v) is 3.45. The van der Waals surface area contributed by atoms with Gasteiger partial charge in [-0.2, -0.15) is 31.3 Å². The Bertz CT molecular complexity index is 472. The fourth-order valence-electron chi connectivity index (χ4n) is 2.22. The molecule has 1 fully saturated rings. The van der Waals surface area contributed by atoms with E-state index in [9.17, 15) is 26.3 Å². The van der Waals surface area contributed by atoms with Gasteiger partial charge in [0.25, 0.3) is 0 Å². The molecule has 1 saturated carbocycles. The van der Waals surface area contributed by atoms with Crippen LogP contribution in [0.2, 0.25) is 0 Å². The summed E-state index contributed by atoms with van der Waals surface area (Å²) in [4.78, 5) is 3.16. The van der Waals surface area contributed by atoms with Crippen molar-refractivity contribution in [2.24, 2.45) is 11.7 Å². The summed E-state index contributed by atoms with van der Waals surface area (Å²) in [5, 5.41) is 3.15. The van der Waals surface area contributed by atoms with Crippen molar-refractivity contribution in [1.29, 1.82) is 0 Å². The normalized spacial score (nSPS) is 28.6. The van der Waals surface area contributed by atoms with Crippen LogP contribution in [0.15, 0.2) is 4.52 Å². The first-order valence-electron chi connectivity index (χ1n) is 5.79. The number of hydrogen-bond acceptors (Lipinski definition) is 4. The highest BCUT2D eigenvalue weighted by molar-refractivity contribution is 5.07. The van der Waals surface area contributed by atoms with Crippen molar-refractivity contribution in [2.45, 2.75) is 43.6 Å². The van der Waals surface area contributed by atoms with E-state index in [1.165, 1.54) is 0 Å². The second-order valence-corrected chi connectivity index (χ2v) is 4.89. The summed E-state index contributed by atoms with van der Waals surface area (Å²) >= 11 is 0. The minimum atomic E-state index is -4.80. The lowest BCUT2D eigenvalue weighted by atomic mass is 9.76. The van der Waals surface area contributed by atoms with Gasteiger partial charge in [-0.05, 0) is 25.7 Å². The zero-order valence-corrected chi connectivity index (χ0v) is 10.1. The van der Waals surface area contributed by atoms with Gasteiger partial charge in [-0.3, -0.25) is 0 Å². The summed E-state index contributed by atoms with van der Waals surface area (Å²) in [5.74, 6) is -3.44. The van der Waals surface area contributed by atoms with Crippen molar-refractivity contribution in [3.63, 3.8) is 0 Å². The Morgan fingerprint density at radius 2 is 1.65 bits per heavy atom. The zero-order valence-electron chi connectivity index (χ0n) is 10.1. The molecule has 0 aliphatic heterocycles. The molecule has 20 heavy (non-hydrogen) atoms. The Morgan fingerprint density at radius 1 is 1.10 bits per heavy atom. The summed E-state index contributed by atoms with van der Waals surface area (Å²) in [6, 6.07) is 0. The van der Waals surface area contributed by atoms with Crippen LogP contribution in [-0.4, -0.2) is 16.3 Å². The van der Waals surface area contributed by atoms with Crippen LogP contribution in [0.1, 0.15) is 37.4 Å². The number of rotatable bonds is 1. The molecule has 2 rings (SSSR count). The first kappa shape index (κ1) is 15.1. The van der Waals surface area contributed by atoms with Crippen LogP contribution in [0.4, 0.5) is 26.3 Å². The van der Waals surface area contributed by atoms with Crippen molar-refractivity contribution in [2.75, 3.05) is 0 Å². The average molecular weight is 303 g/mol. The maximum atomic E-state index is 12.5. The molecule has 0 atom stereocenters. The summed E-state index contributed by atoms with van der Waals surface area (Å²) < 4.78 is 78.6. The SMILES string of the molecule is NC1(c2noc(C(F)(F)F)n2)CCC(C(F)(F)F)CC1. The molecule has 1 aromatic heterocycles. The Labute approximate surface area is 109 Å². The van der Waals surface area contributed by atoms with Crippen molar-refractivity contribution < 1.29 is 30.9 Å². The summed E-state index contributed by atoms with van der Waals surface area (Å²) in [7, 11) is 0. The molecular formula is C10H11F6N3O.